The first-order valence-electron chi connectivity index (χ1n) is 5.18. The van der Waals surface area contributed by atoms with Crippen molar-refractivity contribution in [1.29, 1.82) is 0 Å². The summed E-state index contributed by atoms with van der Waals surface area (Å²) in [5, 5.41) is 9.41. The fourth-order valence-corrected chi connectivity index (χ4v) is 1.51. The minimum Gasteiger partial charge on any atom is -0.352 e. The molecule has 1 aromatic carbocycles. The molecule has 4 nitrogen and oxygen atoms in total. The van der Waals surface area contributed by atoms with Crippen LogP contribution in [0.4, 0.5) is 0 Å². The molecular weight excluding hydrogens is 202 g/mol. The van der Waals surface area contributed by atoms with Crippen LogP contribution in [-0.4, -0.2) is 22.6 Å². The van der Waals surface area contributed by atoms with E-state index in [1.165, 1.54) is 0 Å². The highest BCUT2D eigenvalue weighted by Crippen LogP contribution is 2.18. The summed E-state index contributed by atoms with van der Waals surface area (Å²) in [6.45, 7) is 2.53. The fourth-order valence-electron chi connectivity index (χ4n) is 1.51. The van der Waals surface area contributed by atoms with E-state index in [1.54, 1.807) is 18.5 Å². The molecule has 2 aromatic rings. The van der Waals surface area contributed by atoms with Gasteiger partial charge in [-0.15, -0.1) is 0 Å². The van der Waals surface area contributed by atoms with Gasteiger partial charge in [0.1, 0.15) is 0 Å². The zero-order chi connectivity index (χ0) is 11.4. The van der Waals surface area contributed by atoms with Crippen molar-refractivity contribution in [3.63, 3.8) is 0 Å². The van der Waals surface area contributed by atoms with Crippen LogP contribution in [0.15, 0.2) is 36.7 Å². The number of nitrogens with one attached hydrogen (secondary N) is 2. The molecular formula is C12H13N3O. The molecule has 0 unspecified atom stereocenters. The van der Waals surface area contributed by atoms with Gasteiger partial charge in [-0.05, 0) is 24.6 Å². The van der Waals surface area contributed by atoms with Crippen LogP contribution in [0.1, 0.15) is 17.3 Å². The van der Waals surface area contributed by atoms with Gasteiger partial charge in [-0.1, -0.05) is 12.1 Å². The van der Waals surface area contributed by atoms with Gasteiger partial charge >= 0.3 is 0 Å². The quantitative estimate of drug-likeness (QED) is 0.820. The third kappa shape index (κ3) is 2.11. The summed E-state index contributed by atoms with van der Waals surface area (Å²) in [6, 6.07) is 7.48. The van der Waals surface area contributed by atoms with Crippen LogP contribution in [0.5, 0.6) is 0 Å². The largest absolute Gasteiger partial charge is 0.352 e. The second-order valence-corrected chi connectivity index (χ2v) is 3.43. The molecule has 0 atom stereocenters. The molecule has 4 heteroatoms. The zero-order valence-electron chi connectivity index (χ0n) is 9.03. The number of aromatic nitrogens is 2. The van der Waals surface area contributed by atoms with Crippen molar-refractivity contribution in [2.24, 2.45) is 0 Å². The van der Waals surface area contributed by atoms with E-state index in [-0.39, 0.29) is 5.91 Å². The zero-order valence-corrected chi connectivity index (χ0v) is 9.03. The Bertz CT molecular complexity index is 477. The van der Waals surface area contributed by atoms with Crippen LogP contribution in [0.25, 0.3) is 11.1 Å². The van der Waals surface area contributed by atoms with Gasteiger partial charge < -0.3 is 5.32 Å². The van der Waals surface area contributed by atoms with Crippen LogP contribution in [0.2, 0.25) is 0 Å². The van der Waals surface area contributed by atoms with Crippen LogP contribution in [0.3, 0.4) is 0 Å². The lowest BCUT2D eigenvalue weighted by Gasteiger charge is -2.03. The molecule has 1 amide bonds. The molecule has 0 spiro atoms. The summed E-state index contributed by atoms with van der Waals surface area (Å²) in [5.74, 6) is -0.0483. The lowest BCUT2D eigenvalue weighted by molar-refractivity contribution is 0.0956. The molecule has 0 saturated heterocycles. The number of aromatic amines is 1. The molecule has 0 fully saturated rings. The lowest BCUT2D eigenvalue weighted by atomic mass is 10.1. The summed E-state index contributed by atoms with van der Waals surface area (Å²) < 4.78 is 0. The van der Waals surface area contributed by atoms with Gasteiger partial charge in [-0.25, -0.2) is 0 Å². The van der Waals surface area contributed by atoms with Gasteiger partial charge in [0.25, 0.3) is 5.91 Å². The molecule has 1 heterocycles. The molecule has 16 heavy (non-hydrogen) atoms. The fraction of sp³-hybridized carbons (Fsp3) is 0.167. The summed E-state index contributed by atoms with van der Waals surface area (Å²) in [5.41, 5.74) is 2.63. The number of carbonyl (C=O) groups excluding carboxylic acids is 1. The van der Waals surface area contributed by atoms with Crippen LogP contribution < -0.4 is 5.32 Å². The Morgan fingerprint density at radius 3 is 3.00 bits per heavy atom. The van der Waals surface area contributed by atoms with E-state index in [1.807, 2.05) is 25.1 Å². The van der Waals surface area contributed by atoms with Crippen molar-refractivity contribution in [3.05, 3.63) is 42.2 Å². The Kier molecular flexibility index (Phi) is 3.00. The average molecular weight is 215 g/mol. The molecule has 0 bridgehead atoms. The maximum Gasteiger partial charge on any atom is 0.251 e. The van der Waals surface area contributed by atoms with Gasteiger partial charge in [0.2, 0.25) is 0 Å². The van der Waals surface area contributed by atoms with Crippen molar-refractivity contribution in [2.45, 2.75) is 6.92 Å². The van der Waals surface area contributed by atoms with Gasteiger partial charge in [0.15, 0.2) is 0 Å². The Morgan fingerprint density at radius 1 is 1.44 bits per heavy atom. The SMILES string of the molecule is CCNC(=O)c1cccc(-c2cn[nH]c2)c1. The van der Waals surface area contributed by atoms with Crippen LogP contribution in [-0.2, 0) is 0 Å². The molecule has 0 radical (unpaired) electrons. The highest BCUT2D eigenvalue weighted by Gasteiger charge is 2.05. The van der Waals surface area contributed by atoms with E-state index in [2.05, 4.69) is 15.5 Å². The summed E-state index contributed by atoms with van der Waals surface area (Å²) >= 11 is 0. The molecule has 0 saturated carbocycles. The molecule has 0 aliphatic rings. The Morgan fingerprint density at radius 2 is 2.31 bits per heavy atom. The average Bonchev–Trinajstić information content (AvgIpc) is 2.83. The number of amides is 1. The van der Waals surface area contributed by atoms with Crippen molar-refractivity contribution < 1.29 is 4.79 Å². The second kappa shape index (κ2) is 4.61. The van der Waals surface area contributed by atoms with E-state index in [9.17, 15) is 4.79 Å². The van der Waals surface area contributed by atoms with Crippen molar-refractivity contribution in [2.75, 3.05) is 6.54 Å². The summed E-state index contributed by atoms with van der Waals surface area (Å²) in [7, 11) is 0. The molecule has 0 aliphatic carbocycles. The van der Waals surface area contributed by atoms with E-state index >= 15 is 0 Å². The smallest absolute Gasteiger partial charge is 0.251 e. The number of carbonyl (C=O) groups is 1. The first-order valence-corrected chi connectivity index (χ1v) is 5.18. The van der Waals surface area contributed by atoms with Gasteiger partial charge in [0.05, 0.1) is 6.20 Å². The number of nitrogens with zero attached hydrogens (tertiary/aromatic N) is 1. The standard InChI is InChI=1S/C12H13N3O/c1-2-13-12(16)10-5-3-4-9(6-10)11-7-14-15-8-11/h3-8H,2H2,1H3,(H,13,16)(H,14,15). The molecule has 82 valence electrons. The Hall–Kier alpha value is -2.10. The van der Waals surface area contributed by atoms with Gasteiger partial charge in [0, 0.05) is 23.9 Å². The first-order chi connectivity index (χ1) is 7.81. The third-order valence-electron chi connectivity index (χ3n) is 2.29. The second-order valence-electron chi connectivity index (χ2n) is 3.43. The van der Waals surface area contributed by atoms with E-state index in [0.717, 1.165) is 11.1 Å². The predicted molar refractivity (Wildman–Crippen MR) is 62.0 cm³/mol. The summed E-state index contributed by atoms with van der Waals surface area (Å²) in [4.78, 5) is 11.6. The lowest BCUT2D eigenvalue weighted by Crippen LogP contribution is -2.22. The minimum atomic E-state index is -0.0483. The topological polar surface area (TPSA) is 57.8 Å². The number of hydrogen-bond acceptors (Lipinski definition) is 2. The Labute approximate surface area is 93.7 Å². The molecule has 0 aliphatic heterocycles. The third-order valence-corrected chi connectivity index (χ3v) is 2.29. The number of hydrogen-bond donors (Lipinski definition) is 2. The molecule has 2 N–H and O–H groups in total. The maximum absolute atomic E-state index is 11.6. The van der Waals surface area contributed by atoms with Crippen molar-refractivity contribution in [1.82, 2.24) is 15.5 Å². The Balaban J connectivity index is 2.30. The van der Waals surface area contributed by atoms with Crippen molar-refractivity contribution in [3.8, 4) is 11.1 Å². The monoisotopic (exact) mass is 215 g/mol. The summed E-state index contributed by atoms with van der Waals surface area (Å²) in [6.07, 6.45) is 3.54. The molecule has 1 aromatic heterocycles. The first kappa shape index (κ1) is 10.4. The number of H-pyrrole nitrogens is 1. The number of rotatable bonds is 3. The van der Waals surface area contributed by atoms with E-state index < -0.39 is 0 Å². The minimum absolute atomic E-state index is 0.0483. The van der Waals surface area contributed by atoms with E-state index in [0.29, 0.717) is 12.1 Å². The maximum atomic E-state index is 11.6. The van der Waals surface area contributed by atoms with Crippen LogP contribution in [0, 0.1) is 0 Å². The number of benzene rings is 1. The highest BCUT2D eigenvalue weighted by molar-refractivity contribution is 5.95. The molecule has 2 rings (SSSR count). The predicted octanol–water partition coefficient (Wildman–Crippen LogP) is 1.83. The van der Waals surface area contributed by atoms with E-state index in [4.69, 9.17) is 0 Å². The highest BCUT2D eigenvalue weighted by atomic mass is 16.1. The normalized spacial score (nSPS) is 10.1. The van der Waals surface area contributed by atoms with Crippen molar-refractivity contribution >= 4 is 5.91 Å². The van der Waals surface area contributed by atoms with Gasteiger partial charge in [-0.2, -0.15) is 5.10 Å². The van der Waals surface area contributed by atoms with Gasteiger partial charge in [-0.3, -0.25) is 9.89 Å². The van der Waals surface area contributed by atoms with Crippen LogP contribution >= 0.6 is 0 Å².